The third-order valence-electron chi connectivity index (χ3n) is 3.32. The number of carbonyl (C=O) groups excluding carboxylic acids is 2. The van der Waals surface area contributed by atoms with Crippen LogP contribution in [0.5, 0.6) is 0 Å². The van der Waals surface area contributed by atoms with Gasteiger partial charge in [-0.1, -0.05) is 0 Å². The first-order valence-corrected chi connectivity index (χ1v) is 7.01. The number of hydrogen-bond acceptors (Lipinski definition) is 4. The van der Waals surface area contributed by atoms with E-state index in [9.17, 15) is 9.59 Å². The number of primary amides is 1. The average molecular weight is 291 g/mol. The molecule has 1 aromatic carbocycles. The van der Waals surface area contributed by atoms with Gasteiger partial charge in [-0.15, -0.1) is 0 Å². The number of nitrogens with one attached hydrogen (secondary N) is 1. The number of nitrogens with two attached hydrogens (primary N) is 1. The van der Waals surface area contributed by atoms with E-state index in [1.54, 1.807) is 24.3 Å². The van der Waals surface area contributed by atoms with Crippen molar-refractivity contribution in [2.75, 3.05) is 25.0 Å². The molecule has 1 heterocycles. The largest absolute Gasteiger partial charge is 0.373 e. The lowest BCUT2D eigenvalue weighted by atomic mass is 10.2. The second kappa shape index (κ2) is 6.69. The fraction of sp³-hybridized carbons (Fsp3) is 0.467. The van der Waals surface area contributed by atoms with E-state index in [-0.39, 0.29) is 18.1 Å². The number of morpholine rings is 1. The maximum absolute atomic E-state index is 12.0. The Morgan fingerprint density at radius 1 is 1.24 bits per heavy atom. The molecule has 2 atom stereocenters. The van der Waals surface area contributed by atoms with Gasteiger partial charge in [-0.2, -0.15) is 0 Å². The van der Waals surface area contributed by atoms with Crippen molar-refractivity contribution in [3.8, 4) is 0 Å². The Labute approximate surface area is 124 Å². The summed E-state index contributed by atoms with van der Waals surface area (Å²) in [5.41, 5.74) is 6.24. The van der Waals surface area contributed by atoms with Gasteiger partial charge in [-0.25, -0.2) is 0 Å². The van der Waals surface area contributed by atoms with E-state index < -0.39 is 5.91 Å². The van der Waals surface area contributed by atoms with Gasteiger partial charge in [0.05, 0.1) is 18.8 Å². The van der Waals surface area contributed by atoms with Crippen LogP contribution in [0.3, 0.4) is 0 Å². The van der Waals surface area contributed by atoms with Crippen molar-refractivity contribution in [2.45, 2.75) is 26.1 Å². The summed E-state index contributed by atoms with van der Waals surface area (Å²) in [5.74, 6) is -0.563. The normalized spacial score (nSPS) is 22.8. The highest BCUT2D eigenvalue weighted by Crippen LogP contribution is 2.12. The summed E-state index contributed by atoms with van der Waals surface area (Å²) in [6.45, 7) is 5.83. The van der Waals surface area contributed by atoms with Gasteiger partial charge >= 0.3 is 0 Å². The number of benzene rings is 1. The molecule has 1 aliphatic heterocycles. The highest BCUT2D eigenvalue weighted by atomic mass is 16.5. The maximum Gasteiger partial charge on any atom is 0.248 e. The molecule has 0 unspecified atom stereocenters. The standard InChI is InChI=1S/C15H21N3O3/c1-10-7-18(8-11(2)21-10)9-14(19)17-13-5-3-12(4-6-13)15(16)20/h3-6,10-11H,7-9H2,1-2H3,(H2,16,20)(H,17,19)/t10-,11-/m0/s1. The SMILES string of the molecule is C[C@H]1CN(CC(=O)Nc2ccc(C(N)=O)cc2)C[C@H](C)O1. The zero-order valence-electron chi connectivity index (χ0n) is 12.3. The summed E-state index contributed by atoms with van der Waals surface area (Å²) < 4.78 is 5.63. The van der Waals surface area contributed by atoms with Gasteiger partial charge < -0.3 is 15.8 Å². The minimum absolute atomic E-state index is 0.0804. The van der Waals surface area contributed by atoms with Crippen molar-refractivity contribution in [1.29, 1.82) is 0 Å². The Bertz CT molecular complexity index is 505. The van der Waals surface area contributed by atoms with Crippen LogP contribution in [0.25, 0.3) is 0 Å². The summed E-state index contributed by atoms with van der Waals surface area (Å²) in [5, 5.41) is 2.81. The molecule has 6 heteroatoms. The fourth-order valence-electron chi connectivity index (χ4n) is 2.53. The first kappa shape index (κ1) is 15.5. The molecule has 0 aromatic heterocycles. The monoisotopic (exact) mass is 291 g/mol. The van der Waals surface area contributed by atoms with Crippen molar-refractivity contribution in [2.24, 2.45) is 5.73 Å². The van der Waals surface area contributed by atoms with E-state index >= 15 is 0 Å². The van der Waals surface area contributed by atoms with Crippen molar-refractivity contribution in [3.05, 3.63) is 29.8 Å². The molecule has 0 bridgehead atoms. The van der Waals surface area contributed by atoms with E-state index in [4.69, 9.17) is 10.5 Å². The lowest BCUT2D eigenvalue weighted by molar-refractivity contribution is -0.121. The summed E-state index contributed by atoms with van der Waals surface area (Å²) in [7, 11) is 0. The molecule has 1 fully saturated rings. The van der Waals surface area contributed by atoms with Gasteiger partial charge in [0.1, 0.15) is 0 Å². The van der Waals surface area contributed by atoms with Crippen molar-refractivity contribution in [3.63, 3.8) is 0 Å². The number of amides is 2. The molecule has 0 radical (unpaired) electrons. The van der Waals surface area contributed by atoms with Crippen LogP contribution < -0.4 is 11.1 Å². The highest BCUT2D eigenvalue weighted by Gasteiger charge is 2.23. The van der Waals surface area contributed by atoms with Gasteiger partial charge in [0.2, 0.25) is 11.8 Å². The van der Waals surface area contributed by atoms with Crippen LogP contribution in [-0.2, 0) is 9.53 Å². The predicted octanol–water partition coefficient (Wildman–Crippen LogP) is 0.833. The molecule has 114 valence electrons. The smallest absolute Gasteiger partial charge is 0.248 e. The zero-order chi connectivity index (χ0) is 15.4. The van der Waals surface area contributed by atoms with E-state index in [2.05, 4.69) is 10.2 Å². The zero-order valence-corrected chi connectivity index (χ0v) is 12.3. The van der Waals surface area contributed by atoms with Crippen molar-refractivity contribution >= 4 is 17.5 Å². The summed E-state index contributed by atoms with van der Waals surface area (Å²) >= 11 is 0. The molecular weight excluding hydrogens is 270 g/mol. The van der Waals surface area contributed by atoms with E-state index in [1.165, 1.54) is 0 Å². The molecule has 2 rings (SSSR count). The molecule has 0 aliphatic carbocycles. The van der Waals surface area contributed by atoms with Crippen molar-refractivity contribution < 1.29 is 14.3 Å². The van der Waals surface area contributed by atoms with Crippen LogP contribution in [0.1, 0.15) is 24.2 Å². The topological polar surface area (TPSA) is 84.7 Å². The Kier molecular flexibility index (Phi) is 4.93. The molecule has 6 nitrogen and oxygen atoms in total. The van der Waals surface area contributed by atoms with E-state index in [1.807, 2.05) is 13.8 Å². The number of anilines is 1. The number of hydrogen-bond donors (Lipinski definition) is 2. The van der Waals surface area contributed by atoms with Crippen LogP contribution in [0.4, 0.5) is 5.69 Å². The molecule has 1 aromatic rings. The second-order valence-electron chi connectivity index (χ2n) is 5.44. The van der Waals surface area contributed by atoms with E-state index in [0.717, 1.165) is 13.1 Å². The molecule has 3 N–H and O–H groups in total. The number of ether oxygens (including phenoxy) is 1. The Morgan fingerprint density at radius 2 is 1.81 bits per heavy atom. The predicted molar refractivity (Wildman–Crippen MR) is 80.0 cm³/mol. The number of carbonyl (C=O) groups is 2. The highest BCUT2D eigenvalue weighted by molar-refractivity contribution is 5.95. The minimum atomic E-state index is -0.482. The lowest BCUT2D eigenvalue weighted by Gasteiger charge is -2.34. The maximum atomic E-state index is 12.0. The third-order valence-corrected chi connectivity index (χ3v) is 3.32. The molecular formula is C15H21N3O3. The molecule has 1 saturated heterocycles. The van der Waals surface area contributed by atoms with Crippen LogP contribution in [0.15, 0.2) is 24.3 Å². The third kappa shape index (κ3) is 4.54. The van der Waals surface area contributed by atoms with Crippen LogP contribution in [0, 0.1) is 0 Å². The molecule has 2 amide bonds. The molecule has 21 heavy (non-hydrogen) atoms. The summed E-state index contributed by atoms with van der Waals surface area (Å²) in [4.78, 5) is 25.1. The Balaban J connectivity index is 1.88. The molecule has 0 spiro atoms. The second-order valence-corrected chi connectivity index (χ2v) is 5.44. The van der Waals surface area contributed by atoms with Crippen LogP contribution in [0.2, 0.25) is 0 Å². The number of nitrogens with zero attached hydrogens (tertiary/aromatic N) is 1. The van der Waals surface area contributed by atoms with E-state index in [0.29, 0.717) is 17.8 Å². The first-order chi connectivity index (χ1) is 9.94. The number of rotatable bonds is 4. The Hall–Kier alpha value is -1.92. The first-order valence-electron chi connectivity index (χ1n) is 7.01. The fourth-order valence-corrected chi connectivity index (χ4v) is 2.53. The average Bonchev–Trinajstić information content (AvgIpc) is 2.37. The molecule has 1 aliphatic rings. The van der Waals surface area contributed by atoms with Crippen molar-refractivity contribution in [1.82, 2.24) is 4.90 Å². The van der Waals surface area contributed by atoms with Gasteiger partial charge in [-0.3, -0.25) is 14.5 Å². The Morgan fingerprint density at radius 3 is 2.33 bits per heavy atom. The lowest BCUT2D eigenvalue weighted by Crippen LogP contribution is -2.48. The van der Waals surface area contributed by atoms with Gasteiger partial charge in [-0.05, 0) is 38.1 Å². The van der Waals surface area contributed by atoms with Gasteiger partial charge in [0.25, 0.3) is 0 Å². The minimum Gasteiger partial charge on any atom is -0.373 e. The summed E-state index contributed by atoms with van der Waals surface area (Å²) in [6.07, 6.45) is 0.271. The molecule has 0 saturated carbocycles. The quantitative estimate of drug-likeness (QED) is 0.860. The van der Waals surface area contributed by atoms with Gasteiger partial charge in [0.15, 0.2) is 0 Å². The van der Waals surface area contributed by atoms with Crippen LogP contribution >= 0.6 is 0 Å². The summed E-state index contributed by atoms with van der Waals surface area (Å²) in [6, 6.07) is 6.53. The van der Waals surface area contributed by atoms with Crippen LogP contribution in [-0.4, -0.2) is 48.6 Å². The van der Waals surface area contributed by atoms with Gasteiger partial charge in [0, 0.05) is 24.3 Å².